The molecule has 1 aliphatic rings. The molecule has 1 atom stereocenters. The van der Waals surface area contributed by atoms with Crippen molar-refractivity contribution < 1.29 is 0 Å². The van der Waals surface area contributed by atoms with Crippen LogP contribution in [0.1, 0.15) is 60.3 Å². The molecule has 17 heavy (non-hydrogen) atoms. The van der Waals surface area contributed by atoms with E-state index < -0.39 is 0 Å². The minimum absolute atomic E-state index is 0.282. The van der Waals surface area contributed by atoms with E-state index in [2.05, 4.69) is 44.8 Å². The topological polar surface area (TPSA) is 15.3 Å². The highest BCUT2D eigenvalue weighted by Gasteiger charge is 2.23. The van der Waals surface area contributed by atoms with Gasteiger partial charge in [0.15, 0.2) is 0 Å². The summed E-state index contributed by atoms with van der Waals surface area (Å²) in [5.74, 6) is 0.983. The molecule has 0 radical (unpaired) electrons. The Morgan fingerprint density at radius 3 is 2.35 bits per heavy atom. The number of hydrogen-bond acceptors (Lipinski definition) is 2. The summed E-state index contributed by atoms with van der Waals surface area (Å²) in [7, 11) is 0. The molecule has 1 N–H and O–H groups in total. The molecule has 1 fully saturated rings. The first-order chi connectivity index (χ1) is 7.98. The minimum Gasteiger partial charge on any atom is -0.310 e. The van der Waals surface area contributed by atoms with Gasteiger partial charge in [0.1, 0.15) is 0 Å². The summed E-state index contributed by atoms with van der Waals surface area (Å²) >= 11 is 0. The molecule has 1 unspecified atom stereocenters. The molecular formula is C15H32N2. The fourth-order valence-corrected chi connectivity index (χ4v) is 2.31. The van der Waals surface area contributed by atoms with E-state index >= 15 is 0 Å². The first-order valence-electron chi connectivity index (χ1n) is 7.47. The van der Waals surface area contributed by atoms with Gasteiger partial charge in [0.2, 0.25) is 0 Å². The highest BCUT2D eigenvalue weighted by molar-refractivity contribution is 4.81. The predicted molar refractivity (Wildman–Crippen MR) is 76.4 cm³/mol. The van der Waals surface area contributed by atoms with Crippen molar-refractivity contribution in [3.8, 4) is 0 Å². The predicted octanol–water partition coefficient (Wildman–Crippen LogP) is 3.28. The van der Waals surface area contributed by atoms with Crippen LogP contribution in [0.2, 0.25) is 0 Å². The summed E-state index contributed by atoms with van der Waals surface area (Å²) in [6.07, 6.45) is 5.56. The van der Waals surface area contributed by atoms with Crippen LogP contribution in [0, 0.1) is 5.92 Å². The molecule has 2 nitrogen and oxygen atoms in total. The van der Waals surface area contributed by atoms with Crippen LogP contribution < -0.4 is 5.32 Å². The Bertz CT molecular complexity index is 209. The van der Waals surface area contributed by atoms with Crippen molar-refractivity contribution in [2.45, 2.75) is 71.9 Å². The number of hydrogen-bond donors (Lipinski definition) is 1. The van der Waals surface area contributed by atoms with Gasteiger partial charge in [-0.1, -0.05) is 20.3 Å². The summed E-state index contributed by atoms with van der Waals surface area (Å²) in [4.78, 5) is 2.64. The van der Waals surface area contributed by atoms with Crippen molar-refractivity contribution in [2.75, 3.05) is 19.6 Å². The lowest BCUT2D eigenvalue weighted by Crippen LogP contribution is -2.48. The summed E-state index contributed by atoms with van der Waals surface area (Å²) in [5, 5.41) is 3.69. The van der Waals surface area contributed by atoms with E-state index in [9.17, 15) is 0 Å². The summed E-state index contributed by atoms with van der Waals surface area (Å²) in [6, 6.07) is 0.659. The molecule has 1 rings (SSSR count). The molecule has 0 bridgehead atoms. The van der Waals surface area contributed by atoms with Crippen LogP contribution >= 0.6 is 0 Å². The average molecular weight is 240 g/mol. The average Bonchev–Trinajstić information content (AvgIpc) is 2.25. The summed E-state index contributed by atoms with van der Waals surface area (Å²) < 4.78 is 0. The van der Waals surface area contributed by atoms with Crippen molar-refractivity contribution in [3.63, 3.8) is 0 Å². The van der Waals surface area contributed by atoms with Crippen molar-refractivity contribution in [1.82, 2.24) is 10.2 Å². The third-order valence-corrected chi connectivity index (χ3v) is 4.51. The second kappa shape index (κ2) is 6.75. The maximum atomic E-state index is 3.69. The van der Waals surface area contributed by atoms with Crippen molar-refractivity contribution in [1.29, 1.82) is 0 Å². The molecule has 0 aromatic carbocycles. The molecule has 0 amide bonds. The van der Waals surface area contributed by atoms with E-state index in [4.69, 9.17) is 0 Å². The molecule has 0 spiro atoms. The first kappa shape index (κ1) is 15.0. The third kappa shape index (κ3) is 4.97. The molecule has 2 heteroatoms. The molecule has 102 valence electrons. The van der Waals surface area contributed by atoms with E-state index in [-0.39, 0.29) is 5.54 Å². The Morgan fingerprint density at radius 2 is 1.94 bits per heavy atom. The maximum Gasteiger partial charge on any atom is 0.0192 e. The van der Waals surface area contributed by atoms with Crippen LogP contribution in [0.25, 0.3) is 0 Å². The number of rotatable bonds is 8. The zero-order valence-corrected chi connectivity index (χ0v) is 12.6. The number of likely N-dealkylation sites (N-methyl/N-ethyl adjacent to an activating group) is 1. The normalized spacial score (nSPS) is 19.4. The van der Waals surface area contributed by atoms with E-state index in [0.717, 1.165) is 12.5 Å². The van der Waals surface area contributed by atoms with E-state index in [1.54, 1.807) is 0 Å². The lowest BCUT2D eigenvalue weighted by molar-refractivity contribution is 0.138. The monoisotopic (exact) mass is 240 g/mol. The fourth-order valence-electron chi connectivity index (χ4n) is 2.31. The lowest BCUT2D eigenvalue weighted by Gasteiger charge is -2.37. The Labute approximate surface area is 108 Å². The fraction of sp³-hybridized carbons (Fsp3) is 1.00. The van der Waals surface area contributed by atoms with Crippen LogP contribution in [0.4, 0.5) is 0 Å². The Balaban J connectivity index is 2.29. The lowest BCUT2D eigenvalue weighted by atomic mass is 9.85. The van der Waals surface area contributed by atoms with Gasteiger partial charge in [0.05, 0.1) is 0 Å². The van der Waals surface area contributed by atoms with Gasteiger partial charge >= 0.3 is 0 Å². The highest BCUT2D eigenvalue weighted by atomic mass is 15.2. The van der Waals surface area contributed by atoms with Crippen molar-refractivity contribution >= 4 is 0 Å². The van der Waals surface area contributed by atoms with E-state index in [0.29, 0.717) is 6.04 Å². The van der Waals surface area contributed by atoms with E-state index in [1.807, 2.05) is 0 Å². The van der Waals surface area contributed by atoms with Crippen molar-refractivity contribution in [3.05, 3.63) is 0 Å². The number of nitrogens with zero attached hydrogens (tertiary/aromatic N) is 1. The molecule has 1 aliphatic carbocycles. The van der Waals surface area contributed by atoms with Crippen LogP contribution in [-0.4, -0.2) is 36.1 Å². The standard InChI is InChI=1S/C15H32N2/c1-6-15(4,5)16-11-13(3)17(7-2)12-14-9-8-10-14/h13-14,16H,6-12H2,1-5H3. The van der Waals surface area contributed by atoms with E-state index in [1.165, 1.54) is 38.8 Å². The largest absolute Gasteiger partial charge is 0.310 e. The summed E-state index contributed by atoms with van der Waals surface area (Å²) in [6.45, 7) is 15.1. The second-order valence-electron chi connectivity index (χ2n) is 6.35. The second-order valence-corrected chi connectivity index (χ2v) is 6.35. The molecular weight excluding hydrogens is 208 g/mol. The van der Waals surface area contributed by atoms with Crippen LogP contribution in [0.3, 0.4) is 0 Å². The van der Waals surface area contributed by atoms with Gasteiger partial charge in [0.25, 0.3) is 0 Å². The van der Waals surface area contributed by atoms with Crippen molar-refractivity contribution in [2.24, 2.45) is 5.92 Å². The van der Waals surface area contributed by atoms with Gasteiger partial charge in [-0.05, 0) is 52.5 Å². The smallest absolute Gasteiger partial charge is 0.0192 e. The number of nitrogens with one attached hydrogen (secondary N) is 1. The van der Waals surface area contributed by atoms with Crippen LogP contribution in [-0.2, 0) is 0 Å². The van der Waals surface area contributed by atoms with Crippen LogP contribution in [0.15, 0.2) is 0 Å². The van der Waals surface area contributed by atoms with Crippen LogP contribution in [0.5, 0.6) is 0 Å². The van der Waals surface area contributed by atoms with Gasteiger partial charge in [-0.25, -0.2) is 0 Å². The highest BCUT2D eigenvalue weighted by Crippen LogP contribution is 2.27. The Hall–Kier alpha value is -0.0800. The van der Waals surface area contributed by atoms with Gasteiger partial charge in [-0.2, -0.15) is 0 Å². The quantitative estimate of drug-likeness (QED) is 0.700. The molecule has 0 aromatic rings. The van der Waals surface area contributed by atoms with Gasteiger partial charge < -0.3 is 5.32 Å². The maximum absolute atomic E-state index is 3.69. The first-order valence-corrected chi connectivity index (χ1v) is 7.47. The third-order valence-electron chi connectivity index (χ3n) is 4.51. The van der Waals surface area contributed by atoms with Gasteiger partial charge in [-0.15, -0.1) is 0 Å². The molecule has 1 saturated carbocycles. The zero-order valence-electron chi connectivity index (χ0n) is 12.6. The van der Waals surface area contributed by atoms with Gasteiger partial charge in [0, 0.05) is 24.7 Å². The molecule has 0 saturated heterocycles. The Kier molecular flexibility index (Phi) is 5.94. The summed E-state index contributed by atoms with van der Waals surface area (Å²) in [5.41, 5.74) is 0.282. The minimum atomic E-state index is 0.282. The molecule has 0 heterocycles. The Morgan fingerprint density at radius 1 is 1.29 bits per heavy atom. The van der Waals surface area contributed by atoms with Gasteiger partial charge in [-0.3, -0.25) is 4.90 Å². The zero-order chi connectivity index (χ0) is 12.9. The molecule has 0 aliphatic heterocycles. The SMILES string of the molecule is CCN(CC1CCC1)C(C)CNC(C)(C)CC. The molecule has 0 aromatic heterocycles.